The first-order valence-corrected chi connectivity index (χ1v) is 8.81. The number of aryl methyl sites for hydroxylation is 2. The van der Waals surface area contributed by atoms with E-state index in [1.165, 1.54) is 13.2 Å². The maximum atomic E-state index is 14.1. The summed E-state index contributed by atoms with van der Waals surface area (Å²) in [5.41, 5.74) is 4.41. The second-order valence-corrected chi connectivity index (χ2v) is 7.20. The van der Waals surface area contributed by atoms with Gasteiger partial charge in [0.2, 0.25) is 0 Å². The maximum absolute atomic E-state index is 14.1. The minimum Gasteiger partial charge on any atom is -0.468 e. The summed E-state index contributed by atoms with van der Waals surface area (Å²) in [7, 11) is 1.34. The van der Waals surface area contributed by atoms with Crippen LogP contribution in [0.25, 0.3) is 22.2 Å². The number of methoxy groups -OCH3 is 1. The van der Waals surface area contributed by atoms with Gasteiger partial charge in [-0.05, 0) is 49.2 Å². The summed E-state index contributed by atoms with van der Waals surface area (Å²) in [4.78, 5) is 11.9. The Morgan fingerprint density at radius 1 is 1.28 bits per heavy atom. The Bertz CT molecular complexity index is 997. The van der Waals surface area contributed by atoms with Crippen LogP contribution in [-0.4, -0.2) is 17.6 Å². The van der Waals surface area contributed by atoms with Crippen LogP contribution in [0.5, 0.6) is 0 Å². The van der Waals surface area contributed by atoms with Gasteiger partial charge in [-0.15, -0.1) is 0 Å². The van der Waals surface area contributed by atoms with E-state index in [1.54, 1.807) is 10.6 Å². The van der Waals surface area contributed by atoms with Gasteiger partial charge in [0.15, 0.2) is 0 Å². The third-order valence-electron chi connectivity index (χ3n) is 4.32. The number of rotatable bonds is 3. The van der Waals surface area contributed by atoms with Crippen molar-refractivity contribution in [1.82, 2.24) is 4.57 Å². The first-order valence-electron chi connectivity index (χ1n) is 7.64. The molecule has 0 aliphatic heterocycles. The van der Waals surface area contributed by atoms with E-state index in [2.05, 4.69) is 15.9 Å². The number of halogens is 3. The highest BCUT2D eigenvalue weighted by Gasteiger charge is 2.21. The van der Waals surface area contributed by atoms with Crippen LogP contribution in [0.2, 0.25) is 5.02 Å². The van der Waals surface area contributed by atoms with Crippen LogP contribution >= 0.6 is 27.5 Å². The highest BCUT2D eigenvalue weighted by molar-refractivity contribution is 9.10. The fourth-order valence-corrected chi connectivity index (χ4v) is 3.75. The van der Waals surface area contributed by atoms with Crippen LogP contribution in [0.1, 0.15) is 11.1 Å². The Kier molecular flexibility index (Phi) is 4.89. The van der Waals surface area contributed by atoms with E-state index >= 15 is 0 Å². The van der Waals surface area contributed by atoms with Crippen molar-refractivity contribution in [3.63, 3.8) is 0 Å². The Morgan fingerprint density at radius 2 is 2.00 bits per heavy atom. The minimum absolute atomic E-state index is 0.00719. The molecular weight excluding hydrogens is 409 g/mol. The third-order valence-corrected chi connectivity index (χ3v) is 5.10. The molecule has 0 radical (unpaired) electrons. The van der Waals surface area contributed by atoms with Crippen molar-refractivity contribution < 1.29 is 13.9 Å². The van der Waals surface area contributed by atoms with Gasteiger partial charge in [-0.3, -0.25) is 4.79 Å². The molecule has 6 heteroatoms. The molecule has 0 atom stereocenters. The molecule has 0 unspecified atom stereocenters. The average molecular weight is 425 g/mol. The SMILES string of the molecule is COC(=O)Cn1c(-c2ccc(Br)cc2C)c(C)c2cc(Cl)c(F)cc21. The molecule has 2 aromatic carbocycles. The van der Waals surface area contributed by atoms with Gasteiger partial charge in [-0.25, -0.2) is 4.39 Å². The summed E-state index contributed by atoms with van der Waals surface area (Å²) in [5, 5.41) is 0.873. The largest absolute Gasteiger partial charge is 0.468 e. The van der Waals surface area contributed by atoms with E-state index in [9.17, 15) is 9.18 Å². The lowest BCUT2D eigenvalue weighted by molar-refractivity contribution is -0.141. The predicted molar refractivity (Wildman–Crippen MR) is 102 cm³/mol. The summed E-state index contributed by atoms with van der Waals surface area (Å²) >= 11 is 9.43. The number of esters is 1. The van der Waals surface area contributed by atoms with Crippen LogP contribution in [-0.2, 0) is 16.1 Å². The number of benzene rings is 2. The molecule has 25 heavy (non-hydrogen) atoms. The van der Waals surface area contributed by atoms with E-state index in [1.807, 2.05) is 32.0 Å². The van der Waals surface area contributed by atoms with Crippen molar-refractivity contribution >= 4 is 44.4 Å². The molecule has 1 heterocycles. The van der Waals surface area contributed by atoms with Crippen molar-refractivity contribution in [2.45, 2.75) is 20.4 Å². The molecule has 0 amide bonds. The lowest BCUT2D eigenvalue weighted by atomic mass is 10.0. The monoisotopic (exact) mass is 423 g/mol. The fraction of sp³-hybridized carbons (Fsp3) is 0.211. The molecule has 0 fully saturated rings. The van der Waals surface area contributed by atoms with E-state index in [0.717, 1.165) is 32.2 Å². The fourth-order valence-electron chi connectivity index (χ4n) is 3.11. The summed E-state index contributed by atoms with van der Waals surface area (Å²) < 4.78 is 21.6. The number of carbonyl (C=O) groups is 1. The standard InChI is InChI=1S/C19H16BrClFNO2/c1-10-6-12(20)4-5-13(10)19-11(2)14-7-15(21)16(22)8-17(14)23(19)9-18(24)25-3/h4-8H,9H2,1-3H3. The van der Waals surface area contributed by atoms with Crippen molar-refractivity contribution in [2.75, 3.05) is 7.11 Å². The van der Waals surface area contributed by atoms with E-state index in [-0.39, 0.29) is 11.6 Å². The van der Waals surface area contributed by atoms with Crippen LogP contribution in [0, 0.1) is 19.7 Å². The second kappa shape index (κ2) is 6.81. The lowest BCUT2D eigenvalue weighted by Crippen LogP contribution is -2.12. The van der Waals surface area contributed by atoms with Crippen LogP contribution in [0.15, 0.2) is 34.8 Å². The summed E-state index contributed by atoms with van der Waals surface area (Å²) in [6.07, 6.45) is 0. The van der Waals surface area contributed by atoms with Gasteiger partial charge in [0.25, 0.3) is 0 Å². The number of aromatic nitrogens is 1. The van der Waals surface area contributed by atoms with Crippen molar-refractivity contribution in [1.29, 1.82) is 0 Å². The van der Waals surface area contributed by atoms with Gasteiger partial charge in [0, 0.05) is 15.4 Å². The van der Waals surface area contributed by atoms with Gasteiger partial charge in [0.1, 0.15) is 12.4 Å². The summed E-state index contributed by atoms with van der Waals surface area (Å²) in [5.74, 6) is -0.917. The zero-order chi connectivity index (χ0) is 18.3. The first-order chi connectivity index (χ1) is 11.8. The number of hydrogen-bond acceptors (Lipinski definition) is 2. The molecule has 0 aliphatic rings. The number of fused-ring (bicyclic) bond motifs is 1. The minimum atomic E-state index is -0.517. The van der Waals surface area contributed by atoms with E-state index in [4.69, 9.17) is 16.3 Å². The second-order valence-electron chi connectivity index (χ2n) is 5.88. The number of hydrogen-bond donors (Lipinski definition) is 0. The van der Waals surface area contributed by atoms with Crippen molar-refractivity contribution in [3.05, 3.63) is 56.8 Å². The zero-order valence-electron chi connectivity index (χ0n) is 14.0. The number of carbonyl (C=O) groups excluding carboxylic acids is 1. The van der Waals surface area contributed by atoms with Gasteiger partial charge in [-0.1, -0.05) is 33.6 Å². The molecule has 3 nitrogen and oxygen atoms in total. The Balaban J connectivity index is 2.37. The van der Waals surface area contributed by atoms with Crippen LogP contribution in [0.3, 0.4) is 0 Å². The zero-order valence-corrected chi connectivity index (χ0v) is 16.3. The highest BCUT2D eigenvalue weighted by atomic mass is 79.9. The molecule has 0 bridgehead atoms. The van der Waals surface area contributed by atoms with Crippen LogP contribution < -0.4 is 0 Å². The molecule has 0 spiro atoms. The third kappa shape index (κ3) is 3.18. The van der Waals surface area contributed by atoms with Gasteiger partial charge >= 0.3 is 5.97 Å². The summed E-state index contributed by atoms with van der Waals surface area (Å²) in [6.45, 7) is 3.93. The first kappa shape index (κ1) is 18.0. The quantitative estimate of drug-likeness (QED) is 0.509. The Morgan fingerprint density at radius 3 is 2.64 bits per heavy atom. The number of nitrogens with zero attached hydrogens (tertiary/aromatic N) is 1. The normalized spacial score (nSPS) is 11.1. The predicted octanol–water partition coefficient (Wildman–Crippen LogP) is 5.65. The lowest BCUT2D eigenvalue weighted by Gasteiger charge is -2.13. The topological polar surface area (TPSA) is 31.2 Å². The van der Waals surface area contributed by atoms with Crippen molar-refractivity contribution in [2.24, 2.45) is 0 Å². The molecule has 0 aliphatic carbocycles. The molecule has 0 saturated heterocycles. The molecule has 0 saturated carbocycles. The smallest absolute Gasteiger partial charge is 0.325 e. The van der Waals surface area contributed by atoms with E-state index < -0.39 is 11.8 Å². The van der Waals surface area contributed by atoms with E-state index in [0.29, 0.717) is 5.52 Å². The molecule has 0 N–H and O–H groups in total. The highest BCUT2D eigenvalue weighted by Crippen LogP contribution is 2.37. The Labute approximate surface area is 158 Å². The number of ether oxygens (including phenoxy) is 1. The molecule has 1 aromatic heterocycles. The Hall–Kier alpha value is -1.85. The van der Waals surface area contributed by atoms with Crippen molar-refractivity contribution in [3.8, 4) is 11.3 Å². The maximum Gasteiger partial charge on any atom is 0.325 e. The van der Waals surface area contributed by atoms with Gasteiger partial charge in [-0.2, -0.15) is 0 Å². The van der Waals surface area contributed by atoms with Gasteiger partial charge < -0.3 is 9.30 Å². The molecule has 3 aromatic rings. The molecule has 3 rings (SSSR count). The molecule has 130 valence electrons. The average Bonchev–Trinajstić information content (AvgIpc) is 2.80. The molecular formula is C19H16BrClFNO2. The van der Waals surface area contributed by atoms with Gasteiger partial charge in [0.05, 0.1) is 23.3 Å². The summed E-state index contributed by atoms with van der Waals surface area (Å²) in [6, 6.07) is 8.89. The van der Waals surface area contributed by atoms with Crippen LogP contribution in [0.4, 0.5) is 4.39 Å².